The van der Waals surface area contributed by atoms with E-state index >= 15 is 0 Å². The SMILES string of the molecule is CCCCC1(c2ccccc2)NC(=O)N(CCOC)C1=O. The molecule has 3 amide bonds. The van der Waals surface area contributed by atoms with E-state index in [0.717, 1.165) is 18.4 Å². The number of nitrogens with one attached hydrogen (secondary N) is 1. The molecule has 0 spiro atoms. The zero-order chi connectivity index (χ0) is 15.3. The highest BCUT2D eigenvalue weighted by Gasteiger charge is 2.51. The van der Waals surface area contributed by atoms with Crippen molar-refractivity contribution in [2.45, 2.75) is 31.7 Å². The van der Waals surface area contributed by atoms with Gasteiger partial charge in [-0.05, 0) is 12.0 Å². The molecule has 1 fully saturated rings. The van der Waals surface area contributed by atoms with E-state index in [4.69, 9.17) is 4.74 Å². The lowest BCUT2D eigenvalue weighted by Gasteiger charge is -2.27. The molecular formula is C16H22N2O3. The Morgan fingerprint density at radius 2 is 1.95 bits per heavy atom. The van der Waals surface area contributed by atoms with Crippen LogP contribution in [0, 0.1) is 0 Å². The fourth-order valence-corrected chi connectivity index (χ4v) is 2.69. The predicted octanol–water partition coefficient (Wildman–Crippen LogP) is 2.27. The molecule has 0 aromatic heterocycles. The van der Waals surface area contributed by atoms with Gasteiger partial charge in [-0.3, -0.25) is 9.69 Å². The molecule has 1 aromatic carbocycles. The highest BCUT2D eigenvalue weighted by molar-refractivity contribution is 6.07. The van der Waals surface area contributed by atoms with Crippen molar-refractivity contribution in [3.63, 3.8) is 0 Å². The van der Waals surface area contributed by atoms with Crippen LogP contribution in [0.2, 0.25) is 0 Å². The van der Waals surface area contributed by atoms with E-state index in [-0.39, 0.29) is 18.5 Å². The van der Waals surface area contributed by atoms with Crippen LogP contribution in [0.5, 0.6) is 0 Å². The van der Waals surface area contributed by atoms with Crippen molar-refractivity contribution in [2.75, 3.05) is 20.3 Å². The predicted molar refractivity (Wildman–Crippen MR) is 79.8 cm³/mol. The monoisotopic (exact) mass is 290 g/mol. The molecule has 1 unspecified atom stereocenters. The molecule has 0 radical (unpaired) electrons. The lowest BCUT2D eigenvalue weighted by Crippen LogP contribution is -2.44. The first-order valence-electron chi connectivity index (χ1n) is 7.34. The van der Waals surface area contributed by atoms with E-state index in [1.807, 2.05) is 30.3 Å². The fourth-order valence-electron chi connectivity index (χ4n) is 2.69. The molecule has 2 rings (SSSR count). The molecule has 5 nitrogen and oxygen atoms in total. The third-order valence-corrected chi connectivity index (χ3v) is 3.87. The number of hydrogen-bond donors (Lipinski definition) is 1. The number of rotatable bonds is 7. The first-order chi connectivity index (χ1) is 10.2. The highest BCUT2D eigenvalue weighted by atomic mass is 16.5. The topological polar surface area (TPSA) is 58.6 Å². The third-order valence-electron chi connectivity index (χ3n) is 3.87. The summed E-state index contributed by atoms with van der Waals surface area (Å²) in [7, 11) is 1.56. The highest BCUT2D eigenvalue weighted by Crippen LogP contribution is 2.33. The third kappa shape index (κ3) is 2.93. The first-order valence-corrected chi connectivity index (χ1v) is 7.34. The number of methoxy groups -OCH3 is 1. The Morgan fingerprint density at radius 3 is 2.57 bits per heavy atom. The summed E-state index contributed by atoms with van der Waals surface area (Å²) in [5, 5.41) is 2.91. The number of hydrogen-bond acceptors (Lipinski definition) is 3. The number of amides is 3. The van der Waals surface area contributed by atoms with Crippen LogP contribution in [0.1, 0.15) is 31.7 Å². The van der Waals surface area contributed by atoms with Crippen molar-refractivity contribution in [2.24, 2.45) is 0 Å². The van der Waals surface area contributed by atoms with E-state index in [1.165, 1.54) is 4.90 Å². The van der Waals surface area contributed by atoms with Gasteiger partial charge in [-0.25, -0.2) is 4.79 Å². The molecular weight excluding hydrogens is 268 g/mol. The van der Waals surface area contributed by atoms with Crippen molar-refractivity contribution in [3.05, 3.63) is 35.9 Å². The Morgan fingerprint density at radius 1 is 1.24 bits per heavy atom. The van der Waals surface area contributed by atoms with Gasteiger partial charge in [0.25, 0.3) is 5.91 Å². The standard InChI is InChI=1S/C16H22N2O3/c1-3-4-10-16(13-8-6-5-7-9-13)14(19)18(11-12-21-2)15(20)17-16/h5-9H,3-4,10-12H2,1-2H3,(H,17,20). The number of unbranched alkanes of at least 4 members (excludes halogenated alkanes) is 1. The number of nitrogens with zero attached hydrogens (tertiary/aromatic N) is 1. The van der Waals surface area contributed by atoms with Crippen LogP contribution < -0.4 is 5.32 Å². The largest absolute Gasteiger partial charge is 0.383 e. The summed E-state index contributed by atoms with van der Waals surface area (Å²) in [6, 6.07) is 9.14. The number of imide groups is 1. The Bertz CT molecular complexity index is 504. The second-order valence-electron chi connectivity index (χ2n) is 5.25. The summed E-state index contributed by atoms with van der Waals surface area (Å²) in [6.45, 7) is 2.70. The smallest absolute Gasteiger partial charge is 0.325 e. The van der Waals surface area contributed by atoms with Crippen molar-refractivity contribution < 1.29 is 14.3 Å². The van der Waals surface area contributed by atoms with Gasteiger partial charge in [0, 0.05) is 7.11 Å². The van der Waals surface area contributed by atoms with Gasteiger partial charge in [-0.2, -0.15) is 0 Å². The average molecular weight is 290 g/mol. The Hall–Kier alpha value is -1.88. The normalized spacial score (nSPS) is 21.7. The summed E-state index contributed by atoms with van der Waals surface area (Å²) in [4.78, 5) is 26.3. The Kier molecular flexibility index (Phi) is 4.96. The molecule has 0 bridgehead atoms. The Labute approximate surface area is 125 Å². The number of ether oxygens (including phenoxy) is 1. The maximum Gasteiger partial charge on any atom is 0.325 e. The molecule has 5 heteroatoms. The zero-order valence-electron chi connectivity index (χ0n) is 12.6. The van der Waals surface area contributed by atoms with E-state index in [2.05, 4.69) is 12.2 Å². The quantitative estimate of drug-likeness (QED) is 0.784. The van der Waals surface area contributed by atoms with Gasteiger partial charge in [0.2, 0.25) is 0 Å². The maximum absolute atomic E-state index is 12.8. The number of carbonyl (C=O) groups excluding carboxylic acids is 2. The summed E-state index contributed by atoms with van der Waals surface area (Å²) in [6.07, 6.45) is 2.45. The van der Waals surface area contributed by atoms with Crippen LogP contribution in [0.15, 0.2) is 30.3 Å². The molecule has 1 aliphatic heterocycles. The van der Waals surface area contributed by atoms with Crippen molar-refractivity contribution in [3.8, 4) is 0 Å². The average Bonchev–Trinajstić information content (AvgIpc) is 2.76. The molecule has 21 heavy (non-hydrogen) atoms. The molecule has 1 atom stereocenters. The van der Waals surface area contributed by atoms with Crippen molar-refractivity contribution >= 4 is 11.9 Å². The van der Waals surface area contributed by atoms with Gasteiger partial charge in [0.15, 0.2) is 0 Å². The van der Waals surface area contributed by atoms with Crippen LogP contribution in [0.4, 0.5) is 4.79 Å². The van der Waals surface area contributed by atoms with Gasteiger partial charge < -0.3 is 10.1 Å². The van der Waals surface area contributed by atoms with Crippen molar-refractivity contribution in [1.29, 1.82) is 0 Å². The van der Waals surface area contributed by atoms with Crippen LogP contribution in [0.25, 0.3) is 0 Å². The lowest BCUT2D eigenvalue weighted by atomic mass is 9.85. The lowest BCUT2D eigenvalue weighted by molar-refractivity contribution is -0.132. The van der Waals surface area contributed by atoms with E-state index in [1.54, 1.807) is 7.11 Å². The van der Waals surface area contributed by atoms with Gasteiger partial charge >= 0.3 is 6.03 Å². The molecule has 1 saturated heterocycles. The molecule has 1 aliphatic rings. The molecule has 1 aromatic rings. The van der Waals surface area contributed by atoms with E-state index < -0.39 is 5.54 Å². The number of benzene rings is 1. The van der Waals surface area contributed by atoms with Gasteiger partial charge in [-0.15, -0.1) is 0 Å². The summed E-state index contributed by atoms with van der Waals surface area (Å²) < 4.78 is 4.98. The zero-order valence-corrected chi connectivity index (χ0v) is 12.6. The van der Waals surface area contributed by atoms with Gasteiger partial charge in [-0.1, -0.05) is 50.1 Å². The number of carbonyl (C=O) groups is 2. The summed E-state index contributed by atoms with van der Waals surface area (Å²) in [5.74, 6) is -0.177. The Balaban J connectivity index is 2.33. The summed E-state index contributed by atoms with van der Waals surface area (Å²) in [5.41, 5.74) is -0.0843. The molecule has 114 valence electrons. The first kappa shape index (κ1) is 15.5. The van der Waals surface area contributed by atoms with Gasteiger partial charge in [0.1, 0.15) is 5.54 Å². The van der Waals surface area contributed by atoms with Crippen LogP contribution >= 0.6 is 0 Å². The van der Waals surface area contributed by atoms with Crippen LogP contribution in [-0.2, 0) is 15.1 Å². The number of urea groups is 1. The molecule has 1 N–H and O–H groups in total. The second-order valence-corrected chi connectivity index (χ2v) is 5.25. The van der Waals surface area contributed by atoms with Crippen molar-refractivity contribution in [1.82, 2.24) is 10.2 Å². The van der Waals surface area contributed by atoms with Crippen LogP contribution in [0.3, 0.4) is 0 Å². The maximum atomic E-state index is 12.8. The minimum absolute atomic E-state index is 0.177. The minimum atomic E-state index is -0.928. The summed E-state index contributed by atoms with van der Waals surface area (Å²) >= 11 is 0. The van der Waals surface area contributed by atoms with Gasteiger partial charge in [0.05, 0.1) is 13.2 Å². The van der Waals surface area contributed by atoms with Crippen LogP contribution in [-0.4, -0.2) is 37.1 Å². The molecule has 0 aliphatic carbocycles. The fraction of sp³-hybridized carbons (Fsp3) is 0.500. The second kappa shape index (κ2) is 6.72. The molecule has 1 heterocycles. The van der Waals surface area contributed by atoms with E-state index in [0.29, 0.717) is 13.0 Å². The minimum Gasteiger partial charge on any atom is -0.383 e. The van der Waals surface area contributed by atoms with E-state index in [9.17, 15) is 9.59 Å². The molecule has 0 saturated carbocycles.